The van der Waals surface area contributed by atoms with Gasteiger partial charge in [0.05, 0.1) is 17.1 Å². The van der Waals surface area contributed by atoms with E-state index in [0.29, 0.717) is 23.7 Å². The fraction of sp³-hybridized carbons (Fsp3) is 0.333. The first-order valence-electron chi connectivity index (χ1n) is 9.51. The molecular formula is C21H20ClF2N3O2. The predicted octanol–water partition coefficient (Wildman–Crippen LogP) is 4.83. The van der Waals surface area contributed by atoms with Crippen molar-refractivity contribution in [1.82, 2.24) is 15.1 Å². The van der Waals surface area contributed by atoms with Crippen LogP contribution in [0.3, 0.4) is 0 Å². The van der Waals surface area contributed by atoms with Crippen LogP contribution in [-0.4, -0.2) is 27.3 Å². The lowest BCUT2D eigenvalue weighted by Crippen LogP contribution is -2.32. The Bertz CT molecular complexity index is 1060. The highest BCUT2D eigenvalue weighted by molar-refractivity contribution is 6.31. The molecule has 3 aromatic rings. The number of phenols is 1. The molecule has 5 nitrogen and oxygen atoms in total. The Balaban J connectivity index is 1.33. The Labute approximate surface area is 171 Å². The van der Waals surface area contributed by atoms with Crippen molar-refractivity contribution in [3.05, 3.63) is 58.7 Å². The summed E-state index contributed by atoms with van der Waals surface area (Å²) in [6.07, 6.45) is 5.66. The summed E-state index contributed by atoms with van der Waals surface area (Å²) in [6.45, 7) is 0.393. The van der Waals surface area contributed by atoms with Crippen LogP contribution in [0.2, 0.25) is 5.02 Å². The van der Waals surface area contributed by atoms with Crippen LogP contribution in [0, 0.1) is 17.6 Å². The number of fused-ring (bicyclic) bond motifs is 1. The molecule has 0 spiro atoms. The maximum atomic E-state index is 13.8. The molecule has 0 radical (unpaired) electrons. The van der Waals surface area contributed by atoms with Crippen molar-refractivity contribution in [3.8, 4) is 5.75 Å². The van der Waals surface area contributed by atoms with Crippen LogP contribution in [0.5, 0.6) is 5.75 Å². The summed E-state index contributed by atoms with van der Waals surface area (Å²) >= 11 is 6.02. The summed E-state index contributed by atoms with van der Waals surface area (Å²) in [6, 6.07) is 7.25. The number of nitrogens with one attached hydrogen (secondary N) is 1. The summed E-state index contributed by atoms with van der Waals surface area (Å²) in [7, 11) is 0. The molecule has 1 aliphatic rings. The number of hydrogen-bond acceptors (Lipinski definition) is 3. The Hall–Kier alpha value is -2.67. The maximum absolute atomic E-state index is 13.8. The zero-order valence-corrected chi connectivity index (χ0v) is 16.3. The minimum atomic E-state index is -1.02. The highest BCUT2D eigenvalue weighted by atomic mass is 35.5. The number of carbonyl (C=O) groups excluding carboxylic acids is 1. The Morgan fingerprint density at radius 1 is 1.17 bits per heavy atom. The molecular weight excluding hydrogens is 400 g/mol. The van der Waals surface area contributed by atoms with Crippen molar-refractivity contribution in [3.63, 3.8) is 0 Å². The molecule has 2 N–H and O–H groups in total. The van der Waals surface area contributed by atoms with Gasteiger partial charge in [0.25, 0.3) is 5.91 Å². The Morgan fingerprint density at radius 2 is 1.93 bits per heavy atom. The molecule has 4 rings (SSSR count). The number of amides is 1. The summed E-state index contributed by atoms with van der Waals surface area (Å²) < 4.78 is 29.2. The van der Waals surface area contributed by atoms with E-state index < -0.39 is 28.9 Å². The van der Waals surface area contributed by atoms with E-state index in [9.17, 15) is 13.6 Å². The third kappa shape index (κ3) is 4.19. The Morgan fingerprint density at radius 3 is 2.69 bits per heavy atom. The predicted molar refractivity (Wildman–Crippen MR) is 106 cm³/mol. The normalized spacial score (nSPS) is 19.4. The summed E-state index contributed by atoms with van der Waals surface area (Å²) in [5, 5.41) is 18.2. The molecule has 0 aliphatic heterocycles. The van der Waals surface area contributed by atoms with E-state index in [-0.39, 0.29) is 12.0 Å². The van der Waals surface area contributed by atoms with Gasteiger partial charge in [0.1, 0.15) is 5.82 Å². The number of carbonyl (C=O) groups is 1. The molecule has 0 atom stereocenters. The van der Waals surface area contributed by atoms with Gasteiger partial charge in [-0.05, 0) is 55.9 Å². The summed E-state index contributed by atoms with van der Waals surface area (Å²) in [5.74, 6) is -3.20. The molecule has 0 bridgehead atoms. The topological polar surface area (TPSA) is 67.2 Å². The van der Waals surface area contributed by atoms with Crippen molar-refractivity contribution >= 4 is 28.4 Å². The highest BCUT2D eigenvalue weighted by Gasteiger charge is 2.24. The minimum Gasteiger partial charge on any atom is -0.505 e. The summed E-state index contributed by atoms with van der Waals surface area (Å²) in [4.78, 5) is 12.2. The zero-order valence-electron chi connectivity index (χ0n) is 15.5. The van der Waals surface area contributed by atoms with Crippen LogP contribution in [0.25, 0.3) is 10.9 Å². The number of benzene rings is 2. The fourth-order valence-electron chi connectivity index (χ4n) is 3.85. The number of halogens is 3. The van der Waals surface area contributed by atoms with Gasteiger partial charge in [-0.1, -0.05) is 11.6 Å². The van der Waals surface area contributed by atoms with E-state index >= 15 is 0 Å². The molecule has 0 saturated heterocycles. The van der Waals surface area contributed by atoms with Gasteiger partial charge in [-0.25, -0.2) is 8.78 Å². The molecule has 2 aromatic carbocycles. The van der Waals surface area contributed by atoms with E-state index in [4.69, 9.17) is 16.7 Å². The third-order valence-corrected chi connectivity index (χ3v) is 5.74. The van der Waals surface area contributed by atoms with Crippen LogP contribution < -0.4 is 5.32 Å². The van der Waals surface area contributed by atoms with Crippen molar-refractivity contribution in [2.75, 3.05) is 6.54 Å². The van der Waals surface area contributed by atoms with E-state index in [0.717, 1.165) is 36.6 Å². The quantitative estimate of drug-likeness (QED) is 0.636. The molecule has 1 amide bonds. The van der Waals surface area contributed by atoms with E-state index in [1.807, 2.05) is 29.1 Å². The van der Waals surface area contributed by atoms with Crippen LogP contribution in [0.1, 0.15) is 42.1 Å². The van der Waals surface area contributed by atoms with Gasteiger partial charge in [-0.2, -0.15) is 5.10 Å². The average Bonchev–Trinajstić information content (AvgIpc) is 3.12. The van der Waals surface area contributed by atoms with Crippen LogP contribution in [0.4, 0.5) is 8.78 Å². The fourth-order valence-corrected chi connectivity index (χ4v) is 4.02. The third-order valence-electron chi connectivity index (χ3n) is 5.51. The van der Waals surface area contributed by atoms with Gasteiger partial charge in [0.15, 0.2) is 11.6 Å². The smallest absolute Gasteiger partial charge is 0.254 e. The second-order valence-electron chi connectivity index (χ2n) is 7.48. The molecule has 0 unspecified atom stereocenters. The van der Waals surface area contributed by atoms with Crippen LogP contribution in [0.15, 0.2) is 36.5 Å². The van der Waals surface area contributed by atoms with Crippen LogP contribution in [-0.2, 0) is 0 Å². The lowest BCUT2D eigenvalue weighted by Gasteiger charge is -2.28. The second kappa shape index (κ2) is 7.99. The molecule has 8 heteroatoms. The maximum Gasteiger partial charge on any atom is 0.254 e. The van der Waals surface area contributed by atoms with E-state index in [2.05, 4.69) is 10.4 Å². The first kappa shape index (κ1) is 19.6. The van der Waals surface area contributed by atoms with Crippen molar-refractivity contribution in [2.24, 2.45) is 5.92 Å². The van der Waals surface area contributed by atoms with Crippen LogP contribution >= 0.6 is 11.6 Å². The number of aromatic hydroxyl groups is 1. The molecule has 1 saturated carbocycles. The van der Waals surface area contributed by atoms with E-state index in [1.54, 1.807) is 0 Å². The summed E-state index contributed by atoms with van der Waals surface area (Å²) in [5.41, 5.74) is 0.464. The molecule has 29 heavy (non-hydrogen) atoms. The highest BCUT2D eigenvalue weighted by Crippen LogP contribution is 2.33. The lowest BCUT2D eigenvalue weighted by molar-refractivity contribution is 0.0936. The van der Waals surface area contributed by atoms with Gasteiger partial charge in [0.2, 0.25) is 0 Å². The molecule has 1 fully saturated rings. The second-order valence-corrected chi connectivity index (χ2v) is 7.92. The average molecular weight is 420 g/mol. The molecule has 152 valence electrons. The van der Waals surface area contributed by atoms with Gasteiger partial charge in [-0.15, -0.1) is 0 Å². The monoisotopic (exact) mass is 419 g/mol. The minimum absolute atomic E-state index is 0.264. The van der Waals surface area contributed by atoms with Gasteiger partial charge in [0, 0.05) is 29.2 Å². The number of hydrogen-bond donors (Lipinski definition) is 2. The number of phenolic OH excluding ortho intramolecular Hbond substituents is 1. The lowest BCUT2D eigenvalue weighted by atomic mass is 9.86. The van der Waals surface area contributed by atoms with Gasteiger partial charge in [-0.3, -0.25) is 9.48 Å². The SMILES string of the molecule is O=C(NCC1CCC(n2cc3ccc(Cl)cc3n2)CC1)c1cc(F)c(O)cc1F. The van der Waals surface area contributed by atoms with E-state index in [1.165, 1.54) is 0 Å². The largest absolute Gasteiger partial charge is 0.505 e. The zero-order chi connectivity index (χ0) is 20.5. The van der Waals surface area contributed by atoms with Gasteiger partial charge >= 0.3 is 0 Å². The molecule has 1 heterocycles. The standard InChI is InChI=1S/C21H20ClF2N3O2/c22-14-4-3-13-11-27(26-19(13)7-14)15-5-1-12(2-6-15)10-25-21(29)16-8-18(24)20(28)9-17(16)23/h3-4,7-9,11-12,15,28H,1-2,5-6,10H2,(H,25,29). The van der Waals surface area contributed by atoms with Crippen molar-refractivity contribution < 1.29 is 18.7 Å². The van der Waals surface area contributed by atoms with Crippen molar-refractivity contribution in [1.29, 1.82) is 0 Å². The number of rotatable bonds is 4. The number of aromatic nitrogens is 2. The van der Waals surface area contributed by atoms with Gasteiger partial charge < -0.3 is 10.4 Å². The molecule has 1 aromatic heterocycles. The van der Waals surface area contributed by atoms with Crippen molar-refractivity contribution in [2.45, 2.75) is 31.7 Å². The first-order valence-corrected chi connectivity index (χ1v) is 9.89. The molecule has 1 aliphatic carbocycles. The first-order chi connectivity index (χ1) is 13.9. The number of nitrogens with zero attached hydrogens (tertiary/aromatic N) is 2. The Kier molecular flexibility index (Phi) is 5.41.